The van der Waals surface area contributed by atoms with Gasteiger partial charge >= 0.3 is 0 Å². The van der Waals surface area contributed by atoms with Crippen LogP contribution in [0.15, 0.2) is 35.5 Å². The molecule has 2 N–H and O–H groups in total. The Bertz CT molecular complexity index is 647. The zero-order chi connectivity index (χ0) is 13.2. The predicted octanol–water partition coefficient (Wildman–Crippen LogP) is 2.32. The van der Waals surface area contributed by atoms with E-state index in [1.165, 1.54) is 22.7 Å². The Labute approximate surface area is 115 Å². The van der Waals surface area contributed by atoms with Gasteiger partial charge in [-0.25, -0.2) is 0 Å². The minimum absolute atomic E-state index is 0.0579. The second kappa shape index (κ2) is 5.09. The number of aromatic nitrogens is 1. The van der Waals surface area contributed by atoms with E-state index in [9.17, 15) is 4.79 Å². The molecule has 1 aliphatic heterocycles. The lowest BCUT2D eigenvalue weighted by molar-refractivity contribution is -0.118. The number of aromatic amines is 1. The van der Waals surface area contributed by atoms with Crippen molar-refractivity contribution in [3.8, 4) is 0 Å². The lowest BCUT2D eigenvalue weighted by Gasteiger charge is -2.03. The summed E-state index contributed by atoms with van der Waals surface area (Å²) >= 11 is 1.53. The van der Waals surface area contributed by atoms with E-state index in [-0.39, 0.29) is 11.2 Å². The van der Waals surface area contributed by atoms with E-state index < -0.39 is 0 Å². The molecule has 2 aromatic rings. The molecule has 1 atom stereocenters. The van der Waals surface area contributed by atoms with Crippen molar-refractivity contribution < 1.29 is 4.79 Å². The standard InChI is InChI=1S/C14H15N3OS/c1-2-15-14-17-13(18)12(19-14)7-9-8-16-11-6-4-3-5-10(9)11/h3-6,8,12,16H,2,7H2,1H3,(H,15,17,18). The average Bonchev–Trinajstić information content (AvgIpc) is 2.96. The largest absolute Gasteiger partial charge is 0.361 e. The van der Waals surface area contributed by atoms with Crippen molar-refractivity contribution in [2.45, 2.75) is 18.6 Å². The van der Waals surface area contributed by atoms with Crippen LogP contribution in [0.4, 0.5) is 0 Å². The minimum atomic E-state index is -0.0792. The first-order chi connectivity index (χ1) is 9.28. The maximum atomic E-state index is 11.9. The van der Waals surface area contributed by atoms with E-state index in [4.69, 9.17) is 0 Å². The smallest absolute Gasteiger partial charge is 0.239 e. The third-order valence-corrected chi connectivity index (χ3v) is 4.28. The number of hydrogen-bond donors (Lipinski definition) is 2. The van der Waals surface area contributed by atoms with E-state index in [1.54, 1.807) is 0 Å². The molecular weight excluding hydrogens is 258 g/mol. The van der Waals surface area contributed by atoms with Crippen LogP contribution in [0.25, 0.3) is 10.9 Å². The molecule has 1 aromatic heterocycles. The fourth-order valence-electron chi connectivity index (χ4n) is 2.26. The molecule has 1 fully saturated rings. The molecule has 1 saturated heterocycles. The number of benzene rings is 1. The lowest BCUT2D eigenvalue weighted by Crippen LogP contribution is -2.26. The first-order valence-electron chi connectivity index (χ1n) is 6.35. The molecule has 0 radical (unpaired) electrons. The number of nitrogens with one attached hydrogen (secondary N) is 2. The fourth-order valence-corrected chi connectivity index (χ4v) is 3.32. The highest BCUT2D eigenvalue weighted by molar-refractivity contribution is 8.15. The van der Waals surface area contributed by atoms with Gasteiger partial charge in [0.15, 0.2) is 5.17 Å². The van der Waals surface area contributed by atoms with Crippen LogP contribution in [0.3, 0.4) is 0 Å². The van der Waals surface area contributed by atoms with Crippen LogP contribution in [0.5, 0.6) is 0 Å². The molecular formula is C14H15N3OS. The lowest BCUT2D eigenvalue weighted by atomic mass is 10.1. The van der Waals surface area contributed by atoms with Crippen LogP contribution in [-0.4, -0.2) is 27.9 Å². The summed E-state index contributed by atoms with van der Waals surface area (Å²) in [6, 6.07) is 8.15. The number of carbonyl (C=O) groups excluding carboxylic acids is 1. The average molecular weight is 273 g/mol. The van der Waals surface area contributed by atoms with Gasteiger partial charge in [0, 0.05) is 23.6 Å². The van der Waals surface area contributed by atoms with Crippen molar-refractivity contribution in [3.63, 3.8) is 0 Å². The number of nitrogens with zero attached hydrogens (tertiary/aromatic N) is 1. The Morgan fingerprint density at radius 3 is 3.05 bits per heavy atom. The van der Waals surface area contributed by atoms with Crippen LogP contribution in [-0.2, 0) is 11.2 Å². The monoisotopic (exact) mass is 273 g/mol. The fraction of sp³-hybridized carbons (Fsp3) is 0.286. The Morgan fingerprint density at radius 1 is 1.37 bits per heavy atom. The van der Waals surface area contributed by atoms with Crippen LogP contribution in [0, 0.1) is 0 Å². The van der Waals surface area contributed by atoms with E-state index >= 15 is 0 Å². The van der Waals surface area contributed by atoms with E-state index in [2.05, 4.69) is 21.4 Å². The summed E-state index contributed by atoms with van der Waals surface area (Å²) in [6.45, 7) is 2.66. The van der Waals surface area contributed by atoms with E-state index in [0.717, 1.165) is 17.1 Å². The van der Waals surface area contributed by atoms with Gasteiger partial charge in [-0.15, -0.1) is 0 Å². The van der Waals surface area contributed by atoms with Crippen LogP contribution < -0.4 is 5.32 Å². The van der Waals surface area contributed by atoms with Gasteiger partial charge in [-0.05, 0) is 25.0 Å². The number of thioether (sulfide) groups is 1. The molecule has 1 aromatic carbocycles. The van der Waals surface area contributed by atoms with Gasteiger partial charge in [0.1, 0.15) is 0 Å². The van der Waals surface area contributed by atoms with Crippen molar-refractivity contribution in [2.24, 2.45) is 4.99 Å². The van der Waals surface area contributed by atoms with Crippen molar-refractivity contribution in [1.82, 2.24) is 10.3 Å². The molecule has 2 heterocycles. The number of para-hydroxylation sites is 1. The molecule has 3 rings (SSSR count). The minimum Gasteiger partial charge on any atom is -0.361 e. The third-order valence-electron chi connectivity index (χ3n) is 3.16. The van der Waals surface area contributed by atoms with Gasteiger partial charge in [0.25, 0.3) is 0 Å². The van der Waals surface area contributed by atoms with E-state index in [1.807, 2.05) is 31.3 Å². The number of carbonyl (C=O) groups is 1. The van der Waals surface area contributed by atoms with Crippen molar-refractivity contribution in [2.75, 3.05) is 6.54 Å². The molecule has 19 heavy (non-hydrogen) atoms. The second-order valence-electron chi connectivity index (χ2n) is 4.44. The highest BCUT2D eigenvalue weighted by Crippen LogP contribution is 2.26. The molecule has 0 aliphatic carbocycles. The quantitative estimate of drug-likeness (QED) is 0.901. The molecule has 0 spiro atoms. The van der Waals surface area contributed by atoms with Crippen molar-refractivity contribution >= 4 is 33.7 Å². The first kappa shape index (κ1) is 12.3. The molecule has 1 unspecified atom stereocenters. The summed E-state index contributed by atoms with van der Waals surface area (Å²) in [5.41, 5.74) is 2.30. The first-order valence-corrected chi connectivity index (χ1v) is 7.23. The number of H-pyrrole nitrogens is 1. The Kier molecular flexibility index (Phi) is 3.29. The maximum Gasteiger partial charge on any atom is 0.239 e. The molecule has 1 aliphatic rings. The van der Waals surface area contributed by atoms with Gasteiger partial charge in [0.05, 0.1) is 5.25 Å². The van der Waals surface area contributed by atoms with Crippen LogP contribution in [0.2, 0.25) is 0 Å². The summed E-state index contributed by atoms with van der Waals surface area (Å²) in [5, 5.41) is 4.69. The normalized spacial score (nSPS) is 21.2. The molecule has 0 saturated carbocycles. The van der Waals surface area contributed by atoms with Gasteiger partial charge < -0.3 is 10.3 Å². The molecule has 98 valence electrons. The molecule has 5 heteroatoms. The zero-order valence-corrected chi connectivity index (χ0v) is 11.5. The summed E-state index contributed by atoms with van der Waals surface area (Å²) < 4.78 is 0. The van der Waals surface area contributed by atoms with Crippen LogP contribution >= 0.6 is 11.8 Å². The second-order valence-corrected chi connectivity index (χ2v) is 5.63. The van der Waals surface area contributed by atoms with Crippen molar-refractivity contribution in [1.29, 1.82) is 0 Å². The zero-order valence-electron chi connectivity index (χ0n) is 10.6. The number of rotatable bonds is 3. The highest BCUT2D eigenvalue weighted by Gasteiger charge is 2.30. The van der Waals surface area contributed by atoms with E-state index in [0.29, 0.717) is 6.54 Å². The van der Waals surface area contributed by atoms with Gasteiger partial charge in [-0.1, -0.05) is 30.0 Å². The number of fused-ring (bicyclic) bond motifs is 1. The Morgan fingerprint density at radius 2 is 2.21 bits per heavy atom. The SMILES string of the molecule is CCN=C1NC(=O)C(Cc2c[nH]c3ccccc23)S1. The summed E-state index contributed by atoms with van der Waals surface area (Å²) in [4.78, 5) is 19.4. The number of amides is 1. The molecule has 0 bridgehead atoms. The topological polar surface area (TPSA) is 57.2 Å². The van der Waals surface area contributed by atoms with Gasteiger partial charge in [-0.3, -0.25) is 9.79 Å². The third kappa shape index (κ3) is 2.38. The Balaban J connectivity index is 1.82. The Hall–Kier alpha value is -1.75. The van der Waals surface area contributed by atoms with Crippen molar-refractivity contribution in [3.05, 3.63) is 36.0 Å². The predicted molar refractivity (Wildman–Crippen MR) is 79.5 cm³/mol. The molecule has 1 amide bonds. The summed E-state index contributed by atoms with van der Waals surface area (Å²) in [6.07, 6.45) is 2.72. The summed E-state index contributed by atoms with van der Waals surface area (Å²) in [7, 11) is 0. The maximum absolute atomic E-state index is 11.9. The number of amidine groups is 1. The van der Waals surface area contributed by atoms with Crippen LogP contribution in [0.1, 0.15) is 12.5 Å². The van der Waals surface area contributed by atoms with Gasteiger partial charge in [-0.2, -0.15) is 0 Å². The summed E-state index contributed by atoms with van der Waals surface area (Å²) in [5.74, 6) is 0.0579. The van der Waals surface area contributed by atoms with Gasteiger partial charge in [0.2, 0.25) is 5.91 Å². The number of hydrogen-bond acceptors (Lipinski definition) is 3. The highest BCUT2D eigenvalue weighted by atomic mass is 32.2. The number of aliphatic imine (C=N–C) groups is 1. The molecule has 4 nitrogen and oxygen atoms in total.